The van der Waals surface area contributed by atoms with Gasteiger partial charge in [0.1, 0.15) is 28.6 Å². The van der Waals surface area contributed by atoms with Crippen LogP contribution in [-0.4, -0.2) is 78.0 Å². The molecule has 1 atom stereocenters. The molecule has 5 rings (SSSR count). The van der Waals surface area contributed by atoms with Crippen LogP contribution in [0.15, 0.2) is 29.4 Å². The predicted molar refractivity (Wildman–Crippen MR) is 117 cm³/mol. The second-order valence-corrected chi connectivity index (χ2v) is 11.6. The van der Waals surface area contributed by atoms with Gasteiger partial charge in [0.05, 0.1) is 6.10 Å². The number of sulfone groups is 1. The zero-order valence-corrected chi connectivity index (χ0v) is 19.4. The molecule has 0 bridgehead atoms. The van der Waals surface area contributed by atoms with E-state index in [-0.39, 0.29) is 34.1 Å². The Balaban J connectivity index is 1.13. The average molecular weight is 478 g/mol. The van der Waals surface area contributed by atoms with Crippen LogP contribution >= 0.6 is 0 Å². The van der Waals surface area contributed by atoms with E-state index in [4.69, 9.17) is 4.74 Å². The molecule has 1 unspecified atom stereocenters. The van der Waals surface area contributed by atoms with Crippen molar-refractivity contribution < 1.29 is 22.3 Å². The van der Waals surface area contributed by atoms with Crippen molar-refractivity contribution in [3.63, 3.8) is 0 Å². The van der Waals surface area contributed by atoms with Crippen LogP contribution in [-0.2, 0) is 9.84 Å². The lowest BCUT2D eigenvalue weighted by Crippen LogP contribution is -2.62. The highest BCUT2D eigenvalue weighted by molar-refractivity contribution is 7.90. The summed E-state index contributed by atoms with van der Waals surface area (Å²) < 4.78 is 43.6. The number of hydrogen-bond acceptors (Lipinski definition) is 6. The standard InChI is InChI=1S/C22H28FN5O4S/c1-33(30,31)19-10-16(23)2-3-18(19)32-17-4-7-22(8-5-17)12-28(13-22)21(29)27-9-6-15(11-27)20-24-14-25-26-20/h2-3,10,14-15,17H,4-9,11-13H2,1H3,(H,24,25,26). The number of nitrogens with zero attached hydrogens (tertiary/aromatic N) is 4. The molecule has 2 aliphatic heterocycles. The second-order valence-electron chi connectivity index (χ2n) is 9.62. The Kier molecular flexibility index (Phi) is 5.54. The molecular weight excluding hydrogens is 449 g/mol. The summed E-state index contributed by atoms with van der Waals surface area (Å²) >= 11 is 0. The van der Waals surface area contributed by atoms with Crippen molar-refractivity contribution in [1.29, 1.82) is 0 Å². The van der Waals surface area contributed by atoms with Gasteiger partial charge in [0, 0.05) is 43.8 Å². The van der Waals surface area contributed by atoms with Gasteiger partial charge in [-0.3, -0.25) is 0 Å². The number of halogens is 1. The summed E-state index contributed by atoms with van der Waals surface area (Å²) in [6.45, 7) is 2.87. The van der Waals surface area contributed by atoms with E-state index >= 15 is 0 Å². The first-order chi connectivity index (χ1) is 15.7. The fourth-order valence-corrected chi connectivity index (χ4v) is 6.16. The minimum absolute atomic E-state index is 0.0881. The van der Waals surface area contributed by atoms with Gasteiger partial charge in [-0.1, -0.05) is 0 Å². The van der Waals surface area contributed by atoms with Crippen LogP contribution in [0.3, 0.4) is 0 Å². The van der Waals surface area contributed by atoms with E-state index in [0.29, 0.717) is 6.54 Å². The van der Waals surface area contributed by atoms with Crippen LogP contribution in [0.2, 0.25) is 0 Å². The first kappa shape index (κ1) is 22.1. The highest BCUT2D eigenvalue weighted by Crippen LogP contribution is 2.45. The highest BCUT2D eigenvalue weighted by Gasteiger charge is 2.48. The Morgan fingerprint density at radius 3 is 2.64 bits per heavy atom. The van der Waals surface area contributed by atoms with Gasteiger partial charge in [0.15, 0.2) is 9.84 Å². The molecule has 3 fully saturated rings. The third kappa shape index (κ3) is 4.42. The molecular formula is C22H28FN5O4S. The van der Waals surface area contributed by atoms with Gasteiger partial charge in [-0.15, -0.1) is 10.2 Å². The van der Waals surface area contributed by atoms with E-state index in [1.165, 1.54) is 12.1 Å². The van der Waals surface area contributed by atoms with E-state index in [2.05, 4.69) is 15.2 Å². The molecule has 1 N–H and O–H groups in total. The van der Waals surface area contributed by atoms with Crippen molar-refractivity contribution in [2.75, 3.05) is 32.4 Å². The minimum atomic E-state index is -3.59. The zero-order chi connectivity index (χ0) is 23.2. The lowest BCUT2D eigenvalue weighted by Gasteiger charge is -2.53. The van der Waals surface area contributed by atoms with E-state index in [9.17, 15) is 17.6 Å². The summed E-state index contributed by atoms with van der Waals surface area (Å²) in [7, 11) is -3.59. The first-order valence-electron chi connectivity index (χ1n) is 11.3. The molecule has 2 saturated heterocycles. The number of nitrogens with one attached hydrogen (secondary N) is 1. The maximum atomic E-state index is 13.6. The smallest absolute Gasteiger partial charge is 0.320 e. The summed E-state index contributed by atoms with van der Waals surface area (Å²) in [5, 5.41) is 7.91. The number of urea groups is 1. The number of benzene rings is 1. The van der Waals surface area contributed by atoms with Gasteiger partial charge in [-0.25, -0.2) is 17.6 Å². The zero-order valence-electron chi connectivity index (χ0n) is 18.5. The summed E-state index contributed by atoms with van der Waals surface area (Å²) in [4.78, 5) is 19.7. The summed E-state index contributed by atoms with van der Waals surface area (Å²) in [6.07, 6.45) is 6.77. The normalized spacial score (nSPS) is 23.0. The molecule has 1 aromatic heterocycles. The molecule has 33 heavy (non-hydrogen) atoms. The first-order valence-corrected chi connectivity index (χ1v) is 13.2. The molecule has 1 aliphatic carbocycles. The maximum absolute atomic E-state index is 13.6. The van der Waals surface area contributed by atoms with Gasteiger partial charge in [-0.2, -0.15) is 0 Å². The van der Waals surface area contributed by atoms with Crippen molar-refractivity contribution >= 4 is 15.9 Å². The fraction of sp³-hybridized carbons (Fsp3) is 0.591. The largest absolute Gasteiger partial charge is 0.489 e. The van der Waals surface area contributed by atoms with Crippen molar-refractivity contribution in [1.82, 2.24) is 25.0 Å². The van der Waals surface area contributed by atoms with Gasteiger partial charge in [-0.05, 0) is 50.3 Å². The number of carbonyl (C=O) groups excluding carboxylic acids is 1. The van der Waals surface area contributed by atoms with Crippen molar-refractivity contribution in [3.05, 3.63) is 36.2 Å². The summed E-state index contributed by atoms with van der Waals surface area (Å²) in [5.74, 6) is 0.654. The molecule has 2 amide bonds. The molecule has 9 nitrogen and oxygen atoms in total. The number of aromatic amines is 1. The molecule has 1 spiro atoms. The van der Waals surface area contributed by atoms with E-state index in [1.54, 1.807) is 6.33 Å². The molecule has 0 radical (unpaired) electrons. The van der Waals surface area contributed by atoms with Crippen LogP contribution in [0, 0.1) is 11.2 Å². The number of hydrogen-bond donors (Lipinski definition) is 1. The number of carbonyl (C=O) groups is 1. The van der Waals surface area contributed by atoms with Crippen LogP contribution < -0.4 is 4.74 Å². The Labute approximate surface area is 192 Å². The van der Waals surface area contributed by atoms with E-state index in [0.717, 1.165) is 69.9 Å². The number of amides is 2. The van der Waals surface area contributed by atoms with Crippen LogP contribution in [0.5, 0.6) is 5.75 Å². The van der Waals surface area contributed by atoms with Crippen molar-refractivity contribution in [3.8, 4) is 5.75 Å². The average Bonchev–Trinajstić information content (AvgIpc) is 3.45. The maximum Gasteiger partial charge on any atom is 0.320 e. The third-order valence-corrected chi connectivity index (χ3v) is 8.31. The lowest BCUT2D eigenvalue weighted by atomic mass is 9.68. The van der Waals surface area contributed by atoms with Crippen LogP contribution in [0.1, 0.15) is 43.8 Å². The molecule has 11 heteroatoms. The predicted octanol–water partition coefficient (Wildman–Crippen LogP) is 2.58. The topological polar surface area (TPSA) is 108 Å². The second kappa shape index (κ2) is 8.27. The number of H-pyrrole nitrogens is 1. The van der Waals surface area contributed by atoms with Crippen LogP contribution in [0.25, 0.3) is 0 Å². The Hall–Kier alpha value is -2.69. The molecule has 3 aliphatic rings. The van der Waals surface area contributed by atoms with Crippen molar-refractivity contribution in [2.24, 2.45) is 5.41 Å². The molecule has 2 aromatic rings. The van der Waals surface area contributed by atoms with Crippen LogP contribution in [0.4, 0.5) is 9.18 Å². The number of likely N-dealkylation sites (tertiary alicyclic amines) is 2. The number of ether oxygens (including phenoxy) is 1. The quantitative estimate of drug-likeness (QED) is 0.725. The van der Waals surface area contributed by atoms with Crippen molar-refractivity contribution in [2.45, 2.75) is 49.0 Å². The van der Waals surface area contributed by atoms with E-state index < -0.39 is 15.7 Å². The Bertz CT molecular complexity index is 1120. The van der Waals surface area contributed by atoms with Gasteiger partial charge in [0.2, 0.25) is 0 Å². The molecule has 1 aromatic carbocycles. The minimum Gasteiger partial charge on any atom is -0.489 e. The Morgan fingerprint density at radius 1 is 1.21 bits per heavy atom. The number of rotatable bonds is 4. The summed E-state index contributed by atoms with van der Waals surface area (Å²) in [6, 6.07) is 3.71. The number of aromatic nitrogens is 3. The van der Waals surface area contributed by atoms with Gasteiger partial charge < -0.3 is 19.5 Å². The molecule has 1 saturated carbocycles. The molecule has 3 heterocycles. The Morgan fingerprint density at radius 2 is 1.97 bits per heavy atom. The third-order valence-electron chi connectivity index (χ3n) is 7.20. The van der Waals surface area contributed by atoms with Gasteiger partial charge >= 0.3 is 6.03 Å². The fourth-order valence-electron chi connectivity index (χ4n) is 5.36. The highest BCUT2D eigenvalue weighted by atomic mass is 32.2. The van der Waals surface area contributed by atoms with Gasteiger partial charge in [0.25, 0.3) is 0 Å². The SMILES string of the molecule is CS(=O)(=O)c1cc(F)ccc1OC1CCC2(CC1)CN(C(=O)N1CCC(c3nnc[nH]3)C1)C2. The lowest BCUT2D eigenvalue weighted by molar-refractivity contribution is -0.0323. The monoisotopic (exact) mass is 477 g/mol. The molecule has 178 valence electrons. The summed E-state index contributed by atoms with van der Waals surface area (Å²) in [5.41, 5.74) is 0.113. The van der Waals surface area contributed by atoms with E-state index in [1.807, 2.05) is 9.80 Å².